The lowest BCUT2D eigenvalue weighted by Gasteiger charge is -2.07. The molecule has 2 aromatic rings. The Labute approximate surface area is 120 Å². The lowest BCUT2D eigenvalue weighted by Crippen LogP contribution is -1.94. The van der Waals surface area contributed by atoms with Crippen molar-refractivity contribution in [3.63, 3.8) is 0 Å². The monoisotopic (exact) mass is 317 g/mol. The molecule has 19 heavy (non-hydrogen) atoms. The van der Waals surface area contributed by atoms with Gasteiger partial charge in [0.1, 0.15) is 10.6 Å². The van der Waals surface area contributed by atoms with Gasteiger partial charge >= 0.3 is 0 Å². The molecule has 0 N–H and O–H groups in total. The molecule has 0 saturated heterocycles. The lowest BCUT2D eigenvalue weighted by molar-refractivity contribution is 0.462. The second kappa shape index (κ2) is 5.36. The third-order valence-electron chi connectivity index (χ3n) is 2.29. The van der Waals surface area contributed by atoms with Crippen LogP contribution in [0.5, 0.6) is 11.6 Å². The fourth-order valence-electron chi connectivity index (χ4n) is 1.37. The second-order valence-electron chi connectivity index (χ2n) is 3.81. The van der Waals surface area contributed by atoms with Crippen LogP contribution in [0.4, 0.5) is 0 Å². The standard InChI is InChI=1S/C12H9Cl2NO3S/c1-8-2-4-11(10(13)6-8)18-12-5-3-9(7-15-12)19(14,16)17/h2-7H,1H3. The first kappa shape index (κ1) is 14.1. The van der Waals surface area contributed by atoms with Crippen molar-refractivity contribution in [2.24, 2.45) is 0 Å². The van der Waals surface area contributed by atoms with E-state index >= 15 is 0 Å². The fourth-order valence-corrected chi connectivity index (χ4v) is 2.33. The van der Waals surface area contributed by atoms with Crippen LogP contribution >= 0.6 is 22.3 Å². The maximum Gasteiger partial charge on any atom is 0.262 e. The van der Waals surface area contributed by atoms with Gasteiger partial charge in [0, 0.05) is 16.7 Å². The minimum atomic E-state index is -3.78. The Bertz CT molecular complexity index is 699. The quantitative estimate of drug-likeness (QED) is 0.809. The average Bonchev–Trinajstić information content (AvgIpc) is 2.32. The van der Waals surface area contributed by atoms with Crippen LogP contribution < -0.4 is 4.74 Å². The Morgan fingerprint density at radius 2 is 1.95 bits per heavy atom. The van der Waals surface area contributed by atoms with Crippen molar-refractivity contribution >= 4 is 31.3 Å². The maximum absolute atomic E-state index is 11.1. The van der Waals surface area contributed by atoms with Gasteiger partial charge in [0.2, 0.25) is 5.88 Å². The molecule has 100 valence electrons. The van der Waals surface area contributed by atoms with Crippen molar-refractivity contribution in [1.82, 2.24) is 4.98 Å². The molecule has 0 unspecified atom stereocenters. The van der Waals surface area contributed by atoms with Crippen LogP contribution in [0.1, 0.15) is 5.56 Å². The number of aromatic nitrogens is 1. The van der Waals surface area contributed by atoms with Crippen molar-refractivity contribution in [3.8, 4) is 11.6 Å². The Kier molecular flexibility index (Phi) is 3.99. The summed E-state index contributed by atoms with van der Waals surface area (Å²) in [7, 11) is 1.41. The normalized spacial score (nSPS) is 11.3. The number of aryl methyl sites for hydroxylation is 1. The van der Waals surface area contributed by atoms with Crippen molar-refractivity contribution < 1.29 is 13.2 Å². The van der Waals surface area contributed by atoms with Crippen LogP contribution in [0.15, 0.2) is 41.4 Å². The molecule has 1 heterocycles. The van der Waals surface area contributed by atoms with Crippen molar-refractivity contribution in [2.75, 3.05) is 0 Å². The van der Waals surface area contributed by atoms with E-state index in [-0.39, 0.29) is 10.8 Å². The van der Waals surface area contributed by atoms with E-state index < -0.39 is 9.05 Å². The highest BCUT2D eigenvalue weighted by molar-refractivity contribution is 8.13. The number of benzene rings is 1. The van der Waals surface area contributed by atoms with Crippen LogP contribution in [0, 0.1) is 6.92 Å². The van der Waals surface area contributed by atoms with Gasteiger partial charge in [-0.25, -0.2) is 13.4 Å². The molecule has 4 nitrogen and oxygen atoms in total. The van der Waals surface area contributed by atoms with Gasteiger partial charge in [0.25, 0.3) is 9.05 Å². The number of rotatable bonds is 3. The molecule has 2 rings (SSSR count). The molecule has 1 aromatic carbocycles. The van der Waals surface area contributed by atoms with Crippen LogP contribution in [-0.2, 0) is 9.05 Å². The number of hydrogen-bond acceptors (Lipinski definition) is 4. The summed E-state index contributed by atoms with van der Waals surface area (Å²) in [4.78, 5) is 3.77. The van der Waals surface area contributed by atoms with Gasteiger partial charge in [-0.2, -0.15) is 0 Å². The summed E-state index contributed by atoms with van der Waals surface area (Å²) in [6.07, 6.45) is 1.12. The molecule has 1 aromatic heterocycles. The first-order valence-corrected chi connectivity index (χ1v) is 7.90. The van der Waals surface area contributed by atoms with Gasteiger partial charge in [-0.3, -0.25) is 0 Å². The third kappa shape index (κ3) is 3.59. The summed E-state index contributed by atoms with van der Waals surface area (Å²) in [6, 6.07) is 8.04. The molecule has 0 aliphatic carbocycles. The van der Waals surface area contributed by atoms with Crippen LogP contribution in [0.3, 0.4) is 0 Å². The SMILES string of the molecule is Cc1ccc(Oc2ccc(S(=O)(=O)Cl)cn2)c(Cl)c1. The molecule has 0 atom stereocenters. The highest BCUT2D eigenvalue weighted by atomic mass is 35.7. The highest BCUT2D eigenvalue weighted by Gasteiger charge is 2.11. The molecule has 0 aliphatic heterocycles. The van der Waals surface area contributed by atoms with Gasteiger partial charge < -0.3 is 4.74 Å². The first-order valence-electron chi connectivity index (χ1n) is 5.21. The van der Waals surface area contributed by atoms with E-state index in [1.807, 2.05) is 13.0 Å². The van der Waals surface area contributed by atoms with Crippen LogP contribution in [-0.4, -0.2) is 13.4 Å². The molecule has 0 amide bonds. The molecular weight excluding hydrogens is 309 g/mol. The predicted octanol–water partition coefficient (Wildman–Crippen LogP) is 3.76. The van der Waals surface area contributed by atoms with Gasteiger partial charge in [0.15, 0.2) is 0 Å². The van der Waals surface area contributed by atoms with E-state index in [0.29, 0.717) is 10.8 Å². The topological polar surface area (TPSA) is 56.3 Å². The van der Waals surface area contributed by atoms with Gasteiger partial charge in [-0.15, -0.1) is 0 Å². The zero-order chi connectivity index (χ0) is 14.0. The molecule has 7 heteroatoms. The van der Waals surface area contributed by atoms with Gasteiger partial charge in [0.05, 0.1) is 11.2 Å². The minimum Gasteiger partial charge on any atom is -0.437 e. The first-order chi connectivity index (χ1) is 8.86. The van der Waals surface area contributed by atoms with Crippen molar-refractivity contribution in [3.05, 3.63) is 47.1 Å². The Morgan fingerprint density at radius 3 is 2.47 bits per heavy atom. The number of ether oxygens (including phenoxy) is 1. The number of halogens is 2. The summed E-state index contributed by atoms with van der Waals surface area (Å²) in [5.74, 6) is 0.677. The Morgan fingerprint density at radius 1 is 1.21 bits per heavy atom. The zero-order valence-corrected chi connectivity index (χ0v) is 12.1. The largest absolute Gasteiger partial charge is 0.437 e. The smallest absolute Gasteiger partial charge is 0.262 e. The molecular formula is C12H9Cl2NO3S. The summed E-state index contributed by atoms with van der Waals surface area (Å²) in [5, 5.41) is 0.454. The summed E-state index contributed by atoms with van der Waals surface area (Å²) >= 11 is 6.01. The molecule has 0 bridgehead atoms. The van der Waals surface area contributed by atoms with Crippen molar-refractivity contribution in [1.29, 1.82) is 0 Å². The summed E-state index contributed by atoms with van der Waals surface area (Å²) in [6.45, 7) is 1.91. The zero-order valence-electron chi connectivity index (χ0n) is 9.80. The average molecular weight is 318 g/mol. The minimum absolute atomic E-state index is 0.0866. The van der Waals surface area contributed by atoms with Crippen LogP contribution in [0.25, 0.3) is 0 Å². The van der Waals surface area contributed by atoms with Gasteiger partial charge in [-0.05, 0) is 30.7 Å². The summed E-state index contributed by atoms with van der Waals surface area (Å²) in [5.41, 5.74) is 1.01. The number of pyridine rings is 1. The molecule has 0 fully saturated rings. The van der Waals surface area contributed by atoms with E-state index in [1.165, 1.54) is 12.1 Å². The molecule has 0 aliphatic rings. The van der Waals surface area contributed by atoms with E-state index in [2.05, 4.69) is 4.98 Å². The lowest BCUT2D eigenvalue weighted by atomic mass is 10.2. The van der Waals surface area contributed by atoms with Crippen LogP contribution in [0.2, 0.25) is 5.02 Å². The van der Waals surface area contributed by atoms with E-state index in [0.717, 1.165) is 11.8 Å². The maximum atomic E-state index is 11.1. The van der Waals surface area contributed by atoms with Gasteiger partial charge in [-0.1, -0.05) is 17.7 Å². The van der Waals surface area contributed by atoms with E-state index in [1.54, 1.807) is 12.1 Å². The Balaban J connectivity index is 2.25. The highest BCUT2D eigenvalue weighted by Crippen LogP contribution is 2.29. The molecule has 0 radical (unpaired) electrons. The summed E-state index contributed by atoms with van der Waals surface area (Å²) < 4.78 is 27.6. The van der Waals surface area contributed by atoms with Crippen molar-refractivity contribution in [2.45, 2.75) is 11.8 Å². The Hall–Kier alpha value is -1.30. The second-order valence-corrected chi connectivity index (χ2v) is 6.78. The predicted molar refractivity (Wildman–Crippen MR) is 73.5 cm³/mol. The number of hydrogen-bond donors (Lipinski definition) is 0. The third-order valence-corrected chi connectivity index (χ3v) is 3.93. The molecule has 0 spiro atoms. The molecule has 0 saturated carbocycles. The number of nitrogens with zero attached hydrogens (tertiary/aromatic N) is 1. The van der Waals surface area contributed by atoms with E-state index in [9.17, 15) is 8.42 Å². The van der Waals surface area contributed by atoms with E-state index in [4.69, 9.17) is 27.0 Å². The fraction of sp³-hybridized carbons (Fsp3) is 0.0833.